The molecule has 0 heterocycles. The van der Waals surface area contributed by atoms with Crippen LogP contribution in [0.2, 0.25) is 0 Å². The van der Waals surface area contributed by atoms with Gasteiger partial charge < -0.3 is 20.9 Å². The molecule has 150 valence electrons. The fourth-order valence-corrected chi connectivity index (χ4v) is 3.37. The summed E-state index contributed by atoms with van der Waals surface area (Å²) in [4.78, 5) is 12.8. The van der Waals surface area contributed by atoms with Crippen molar-refractivity contribution in [2.75, 3.05) is 5.73 Å². The number of carbonyl (C=O) groups excluding carboxylic acids is 1. The van der Waals surface area contributed by atoms with Crippen LogP contribution in [0.25, 0.3) is 0 Å². The second-order valence-corrected chi connectivity index (χ2v) is 7.11. The minimum Gasteiger partial charge on any atom is -0.507 e. The molecule has 0 bridgehead atoms. The van der Waals surface area contributed by atoms with Gasteiger partial charge in [-0.05, 0) is 67.3 Å². The summed E-state index contributed by atoms with van der Waals surface area (Å²) in [5.74, 6) is 0.710. The van der Waals surface area contributed by atoms with Gasteiger partial charge in [-0.3, -0.25) is 4.79 Å². The number of phenols is 1. The molecular weight excluding hydrogens is 364 g/mol. The molecule has 0 saturated carbocycles. The van der Waals surface area contributed by atoms with E-state index < -0.39 is 0 Å². The van der Waals surface area contributed by atoms with Crippen LogP contribution in [0.15, 0.2) is 60.7 Å². The van der Waals surface area contributed by atoms with Crippen LogP contribution in [0.4, 0.5) is 5.69 Å². The molecule has 0 spiro atoms. The Morgan fingerprint density at radius 2 is 1.72 bits per heavy atom. The third-order valence-electron chi connectivity index (χ3n) is 4.83. The minimum absolute atomic E-state index is 0.0940. The number of nitrogen functional groups attached to an aromatic ring is 1. The van der Waals surface area contributed by atoms with E-state index in [0.29, 0.717) is 17.2 Å². The van der Waals surface area contributed by atoms with Crippen LogP contribution in [0.3, 0.4) is 0 Å². The van der Waals surface area contributed by atoms with Gasteiger partial charge in [-0.1, -0.05) is 37.3 Å². The van der Waals surface area contributed by atoms with Crippen molar-refractivity contribution in [1.29, 1.82) is 0 Å². The van der Waals surface area contributed by atoms with Crippen LogP contribution < -0.4 is 15.8 Å². The van der Waals surface area contributed by atoms with E-state index in [1.807, 2.05) is 63.2 Å². The molecule has 3 aromatic rings. The summed E-state index contributed by atoms with van der Waals surface area (Å²) in [6, 6.07) is 17.9. The summed E-state index contributed by atoms with van der Waals surface area (Å²) in [6.45, 7) is 5.83. The van der Waals surface area contributed by atoms with Gasteiger partial charge in [0.25, 0.3) is 5.91 Å². The fraction of sp³-hybridized carbons (Fsp3) is 0.208. The molecule has 0 radical (unpaired) electrons. The SMILES string of the molecule is CCC(NC(=O)c1cc(Oc2c(C)cc(N)cc2C)ccc1O)c1ccccc1. The average Bonchev–Trinajstić information content (AvgIpc) is 2.70. The maximum atomic E-state index is 12.8. The predicted octanol–water partition coefficient (Wildman–Crippen LogP) is 5.26. The predicted molar refractivity (Wildman–Crippen MR) is 115 cm³/mol. The number of nitrogens with two attached hydrogens (primary N) is 1. The first-order valence-electron chi connectivity index (χ1n) is 9.62. The van der Waals surface area contributed by atoms with Gasteiger partial charge in [0.1, 0.15) is 17.2 Å². The fourth-order valence-electron chi connectivity index (χ4n) is 3.37. The maximum absolute atomic E-state index is 12.8. The van der Waals surface area contributed by atoms with E-state index in [0.717, 1.165) is 23.1 Å². The Kier molecular flexibility index (Phi) is 6.07. The van der Waals surface area contributed by atoms with Crippen LogP contribution in [-0.4, -0.2) is 11.0 Å². The molecule has 0 fully saturated rings. The number of hydrogen-bond donors (Lipinski definition) is 3. The normalized spacial score (nSPS) is 11.7. The highest BCUT2D eigenvalue weighted by molar-refractivity contribution is 5.97. The molecule has 0 saturated heterocycles. The lowest BCUT2D eigenvalue weighted by atomic mass is 10.0. The van der Waals surface area contributed by atoms with Crippen molar-refractivity contribution in [3.05, 3.63) is 82.9 Å². The highest BCUT2D eigenvalue weighted by Crippen LogP contribution is 2.33. The largest absolute Gasteiger partial charge is 0.507 e. The maximum Gasteiger partial charge on any atom is 0.255 e. The molecule has 1 amide bonds. The second-order valence-electron chi connectivity index (χ2n) is 7.11. The Morgan fingerprint density at radius 3 is 2.34 bits per heavy atom. The number of phenolic OH excluding ortho intramolecular Hbond substituents is 1. The number of aryl methyl sites for hydroxylation is 2. The van der Waals surface area contributed by atoms with Gasteiger partial charge in [0.15, 0.2) is 0 Å². The topological polar surface area (TPSA) is 84.6 Å². The van der Waals surface area contributed by atoms with Gasteiger partial charge in [0, 0.05) is 5.69 Å². The van der Waals surface area contributed by atoms with Crippen molar-refractivity contribution in [1.82, 2.24) is 5.32 Å². The van der Waals surface area contributed by atoms with Gasteiger partial charge in [-0.15, -0.1) is 0 Å². The number of carbonyl (C=O) groups is 1. The summed E-state index contributed by atoms with van der Waals surface area (Å²) < 4.78 is 6.01. The summed E-state index contributed by atoms with van der Waals surface area (Å²) in [7, 11) is 0. The van der Waals surface area contributed by atoms with E-state index in [-0.39, 0.29) is 23.3 Å². The van der Waals surface area contributed by atoms with Crippen molar-refractivity contribution < 1.29 is 14.6 Å². The highest BCUT2D eigenvalue weighted by atomic mass is 16.5. The number of nitrogens with one attached hydrogen (secondary N) is 1. The van der Waals surface area contributed by atoms with Crippen LogP contribution in [0, 0.1) is 13.8 Å². The highest BCUT2D eigenvalue weighted by Gasteiger charge is 2.18. The van der Waals surface area contributed by atoms with Crippen LogP contribution in [-0.2, 0) is 0 Å². The Bertz CT molecular complexity index is 993. The van der Waals surface area contributed by atoms with Crippen molar-refractivity contribution >= 4 is 11.6 Å². The molecule has 0 aliphatic heterocycles. The molecule has 0 aromatic heterocycles. The van der Waals surface area contributed by atoms with Gasteiger partial charge in [0.05, 0.1) is 11.6 Å². The van der Waals surface area contributed by atoms with Crippen molar-refractivity contribution in [2.45, 2.75) is 33.2 Å². The van der Waals surface area contributed by atoms with E-state index in [9.17, 15) is 9.90 Å². The molecule has 5 heteroatoms. The molecule has 5 nitrogen and oxygen atoms in total. The summed E-state index contributed by atoms with van der Waals surface area (Å²) in [5, 5.41) is 13.2. The van der Waals surface area contributed by atoms with Gasteiger partial charge >= 0.3 is 0 Å². The lowest BCUT2D eigenvalue weighted by Gasteiger charge is -2.18. The van der Waals surface area contributed by atoms with E-state index in [1.54, 1.807) is 12.1 Å². The molecule has 29 heavy (non-hydrogen) atoms. The molecule has 4 N–H and O–H groups in total. The summed E-state index contributed by atoms with van der Waals surface area (Å²) in [5.41, 5.74) is 9.53. The first-order valence-corrected chi connectivity index (χ1v) is 9.62. The number of rotatable bonds is 6. The molecule has 0 aliphatic rings. The van der Waals surface area contributed by atoms with Crippen LogP contribution >= 0.6 is 0 Å². The zero-order valence-corrected chi connectivity index (χ0v) is 16.9. The number of hydrogen-bond acceptors (Lipinski definition) is 4. The van der Waals surface area contributed by atoms with E-state index >= 15 is 0 Å². The number of benzene rings is 3. The monoisotopic (exact) mass is 390 g/mol. The number of amides is 1. The van der Waals surface area contributed by atoms with Gasteiger partial charge in [-0.2, -0.15) is 0 Å². The van der Waals surface area contributed by atoms with Gasteiger partial charge in [-0.25, -0.2) is 0 Å². The standard InChI is InChI=1S/C24H26N2O3/c1-4-21(17-8-6-5-7-9-17)26-24(28)20-14-19(10-11-22(20)27)29-23-15(2)12-18(25)13-16(23)3/h5-14,21,27H,4,25H2,1-3H3,(H,26,28). The molecule has 3 rings (SSSR count). The van der Waals surface area contributed by atoms with Crippen molar-refractivity contribution in [3.8, 4) is 17.2 Å². The Labute approximate surface area is 171 Å². The van der Waals surface area contributed by atoms with Crippen molar-refractivity contribution in [2.24, 2.45) is 0 Å². The van der Waals surface area contributed by atoms with E-state index in [4.69, 9.17) is 10.5 Å². The quantitative estimate of drug-likeness (QED) is 0.501. The van der Waals surface area contributed by atoms with Crippen LogP contribution in [0.5, 0.6) is 17.2 Å². The van der Waals surface area contributed by atoms with Gasteiger partial charge in [0.2, 0.25) is 0 Å². The lowest BCUT2D eigenvalue weighted by Crippen LogP contribution is -2.28. The average molecular weight is 390 g/mol. The second kappa shape index (κ2) is 8.69. The van der Waals surface area contributed by atoms with E-state index in [1.165, 1.54) is 6.07 Å². The molecular formula is C24H26N2O3. The number of ether oxygens (including phenoxy) is 1. The van der Waals surface area contributed by atoms with Crippen molar-refractivity contribution in [3.63, 3.8) is 0 Å². The molecule has 3 aromatic carbocycles. The first-order chi connectivity index (χ1) is 13.9. The number of anilines is 1. The molecule has 1 unspecified atom stereocenters. The summed E-state index contributed by atoms with van der Waals surface area (Å²) >= 11 is 0. The summed E-state index contributed by atoms with van der Waals surface area (Å²) in [6.07, 6.45) is 0.733. The third kappa shape index (κ3) is 4.69. The minimum atomic E-state index is -0.352. The Hall–Kier alpha value is -3.47. The molecule has 1 atom stereocenters. The zero-order chi connectivity index (χ0) is 21.0. The molecule has 0 aliphatic carbocycles. The number of aromatic hydroxyl groups is 1. The van der Waals surface area contributed by atoms with E-state index in [2.05, 4.69) is 5.32 Å². The third-order valence-corrected chi connectivity index (χ3v) is 4.83. The first kappa shape index (κ1) is 20.3. The Morgan fingerprint density at radius 1 is 1.07 bits per heavy atom. The Balaban J connectivity index is 1.84. The smallest absolute Gasteiger partial charge is 0.255 e. The zero-order valence-electron chi connectivity index (χ0n) is 16.9. The lowest BCUT2D eigenvalue weighted by molar-refractivity contribution is 0.0932. The van der Waals surface area contributed by atoms with Crippen LogP contribution in [0.1, 0.15) is 46.4 Å².